The molecular weight excluding hydrogens is 285 g/mol. The van der Waals surface area contributed by atoms with Gasteiger partial charge in [-0.25, -0.2) is 0 Å². The van der Waals surface area contributed by atoms with E-state index in [1.54, 1.807) is 6.07 Å². The maximum absolute atomic E-state index is 10.7. The van der Waals surface area contributed by atoms with Gasteiger partial charge in [-0.2, -0.15) is 0 Å². The Morgan fingerprint density at radius 2 is 2.27 bits per heavy atom. The van der Waals surface area contributed by atoms with Gasteiger partial charge in [-0.05, 0) is 22.0 Å². The van der Waals surface area contributed by atoms with E-state index < -0.39 is 12.0 Å². The van der Waals surface area contributed by atoms with E-state index in [2.05, 4.69) is 15.9 Å². The summed E-state index contributed by atoms with van der Waals surface area (Å²) in [5, 5.41) is 9.02. The number of nitrogens with two attached hydrogens (primary N) is 1. The van der Waals surface area contributed by atoms with Gasteiger partial charge in [-0.3, -0.25) is 4.79 Å². The summed E-state index contributed by atoms with van der Waals surface area (Å²) in [7, 11) is 1.49. The zero-order valence-electron chi connectivity index (χ0n) is 7.83. The normalized spacial score (nSPS) is 12.3. The smallest absolute Gasteiger partial charge is 0.325 e. The van der Waals surface area contributed by atoms with E-state index in [1.165, 1.54) is 13.2 Å². The first-order valence-electron chi connectivity index (χ1n) is 3.98. The number of rotatable bonds is 3. The predicted molar refractivity (Wildman–Crippen MR) is 60.3 cm³/mol. The highest BCUT2D eigenvalue weighted by Gasteiger charge is 2.19. The van der Waals surface area contributed by atoms with E-state index in [0.29, 0.717) is 15.8 Å². The van der Waals surface area contributed by atoms with Crippen LogP contribution in [-0.4, -0.2) is 18.2 Å². The van der Waals surface area contributed by atoms with Gasteiger partial charge in [0.15, 0.2) is 0 Å². The lowest BCUT2D eigenvalue weighted by molar-refractivity contribution is -0.138. The van der Waals surface area contributed by atoms with E-state index in [1.807, 2.05) is 0 Å². The van der Waals surface area contributed by atoms with E-state index >= 15 is 0 Å². The van der Waals surface area contributed by atoms with Gasteiger partial charge in [-0.15, -0.1) is 0 Å². The van der Waals surface area contributed by atoms with Crippen molar-refractivity contribution in [1.29, 1.82) is 0 Å². The fourth-order valence-electron chi connectivity index (χ4n) is 1.07. The van der Waals surface area contributed by atoms with Gasteiger partial charge >= 0.3 is 5.97 Å². The Balaban J connectivity index is 3.21. The number of carboxylic acids is 1. The summed E-state index contributed by atoms with van der Waals surface area (Å²) < 4.78 is 5.61. The largest absolute Gasteiger partial charge is 0.496 e. The standard InChI is InChI=1S/C9H9BrClNO3/c1-15-7-3-6(11)4(2-5(7)10)8(12)9(13)14/h2-3,8H,12H2,1H3,(H,13,14). The Bertz CT molecular complexity index is 397. The molecule has 0 aromatic heterocycles. The van der Waals surface area contributed by atoms with Crippen LogP contribution >= 0.6 is 27.5 Å². The number of methoxy groups -OCH3 is 1. The quantitative estimate of drug-likeness (QED) is 0.896. The third-order valence-electron chi connectivity index (χ3n) is 1.87. The Labute approximate surface area is 100 Å². The van der Waals surface area contributed by atoms with Crippen molar-refractivity contribution in [2.24, 2.45) is 5.73 Å². The minimum Gasteiger partial charge on any atom is -0.496 e. The molecule has 0 aliphatic rings. The van der Waals surface area contributed by atoms with Gasteiger partial charge in [0.2, 0.25) is 0 Å². The number of carboxylic acid groups (broad SMARTS) is 1. The van der Waals surface area contributed by atoms with Gasteiger partial charge in [0.05, 0.1) is 11.6 Å². The number of carbonyl (C=O) groups is 1. The van der Waals surface area contributed by atoms with Crippen LogP contribution in [0.25, 0.3) is 0 Å². The number of ether oxygens (including phenoxy) is 1. The molecule has 0 radical (unpaired) electrons. The zero-order valence-corrected chi connectivity index (χ0v) is 10.2. The van der Waals surface area contributed by atoms with Crippen molar-refractivity contribution < 1.29 is 14.6 Å². The van der Waals surface area contributed by atoms with E-state index in [4.69, 9.17) is 27.2 Å². The summed E-state index contributed by atoms with van der Waals surface area (Å²) in [4.78, 5) is 10.7. The molecule has 0 fully saturated rings. The van der Waals surface area contributed by atoms with Crippen LogP contribution in [0.3, 0.4) is 0 Å². The number of hydrogen-bond acceptors (Lipinski definition) is 3. The summed E-state index contributed by atoms with van der Waals surface area (Å²) >= 11 is 9.10. The summed E-state index contributed by atoms with van der Waals surface area (Å²) in [5.74, 6) is -0.602. The van der Waals surface area contributed by atoms with Crippen LogP contribution in [0.2, 0.25) is 5.02 Å². The average molecular weight is 295 g/mol. The van der Waals surface area contributed by atoms with Crippen molar-refractivity contribution in [1.82, 2.24) is 0 Å². The van der Waals surface area contributed by atoms with Crippen molar-refractivity contribution in [2.75, 3.05) is 7.11 Å². The summed E-state index contributed by atoms with van der Waals surface area (Å²) in [6, 6.07) is 1.92. The summed E-state index contributed by atoms with van der Waals surface area (Å²) in [5.41, 5.74) is 5.80. The summed E-state index contributed by atoms with van der Waals surface area (Å²) in [6.45, 7) is 0. The molecule has 6 heteroatoms. The van der Waals surface area contributed by atoms with Gasteiger partial charge in [-0.1, -0.05) is 11.6 Å². The number of halogens is 2. The minimum atomic E-state index is -1.14. The second-order valence-corrected chi connectivity index (χ2v) is 4.09. The maximum Gasteiger partial charge on any atom is 0.325 e. The van der Waals surface area contributed by atoms with Gasteiger partial charge in [0.1, 0.15) is 11.8 Å². The van der Waals surface area contributed by atoms with Crippen molar-refractivity contribution in [3.05, 3.63) is 27.2 Å². The molecule has 4 nitrogen and oxygen atoms in total. The Hall–Kier alpha value is -0.780. The Morgan fingerprint density at radius 3 is 2.73 bits per heavy atom. The molecule has 1 rings (SSSR count). The second-order valence-electron chi connectivity index (χ2n) is 2.82. The molecule has 15 heavy (non-hydrogen) atoms. The molecule has 1 aromatic rings. The summed E-state index contributed by atoms with van der Waals surface area (Å²) in [6.07, 6.45) is 0. The Kier molecular flexibility index (Phi) is 3.96. The number of hydrogen-bond donors (Lipinski definition) is 2. The highest BCUT2D eigenvalue weighted by Crippen LogP contribution is 2.33. The average Bonchev–Trinajstić information content (AvgIpc) is 2.19. The third kappa shape index (κ3) is 2.62. The van der Waals surface area contributed by atoms with Crippen molar-refractivity contribution in [3.63, 3.8) is 0 Å². The van der Waals surface area contributed by atoms with Crippen molar-refractivity contribution >= 4 is 33.5 Å². The molecule has 0 aliphatic carbocycles. The SMILES string of the molecule is COc1cc(Cl)c(C(N)C(=O)O)cc1Br. The van der Waals surface area contributed by atoms with Crippen LogP contribution in [0.1, 0.15) is 11.6 Å². The molecule has 0 spiro atoms. The first-order chi connectivity index (χ1) is 6.97. The van der Waals surface area contributed by atoms with Crippen LogP contribution in [0.4, 0.5) is 0 Å². The van der Waals surface area contributed by atoms with Crippen LogP contribution in [0.15, 0.2) is 16.6 Å². The molecule has 0 aliphatic heterocycles. The van der Waals surface area contributed by atoms with Gasteiger partial charge < -0.3 is 15.6 Å². The maximum atomic E-state index is 10.7. The highest BCUT2D eigenvalue weighted by molar-refractivity contribution is 9.10. The molecular formula is C9H9BrClNO3. The predicted octanol–water partition coefficient (Wildman–Crippen LogP) is 2.20. The Morgan fingerprint density at radius 1 is 1.67 bits per heavy atom. The molecule has 3 N–H and O–H groups in total. The minimum absolute atomic E-state index is 0.268. The van der Waals surface area contributed by atoms with Crippen molar-refractivity contribution in [3.8, 4) is 5.75 Å². The lowest BCUT2D eigenvalue weighted by Crippen LogP contribution is -2.21. The fourth-order valence-corrected chi connectivity index (χ4v) is 1.87. The van der Waals surface area contributed by atoms with E-state index in [9.17, 15) is 4.79 Å². The number of benzene rings is 1. The third-order valence-corrected chi connectivity index (χ3v) is 2.82. The molecule has 82 valence electrons. The number of aliphatic carboxylic acids is 1. The van der Waals surface area contributed by atoms with Crippen LogP contribution in [0.5, 0.6) is 5.75 Å². The molecule has 1 atom stereocenters. The molecule has 0 amide bonds. The molecule has 0 saturated carbocycles. The second kappa shape index (κ2) is 4.83. The van der Waals surface area contributed by atoms with Crippen LogP contribution < -0.4 is 10.5 Å². The first-order valence-corrected chi connectivity index (χ1v) is 5.15. The van der Waals surface area contributed by atoms with Gasteiger partial charge in [0, 0.05) is 16.7 Å². The highest BCUT2D eigenvalue weighted by atomic mass is 79.9. The molecule has 0 heterocycles. The monoisotopic (exact) mass is 293 g/mol. The first kappa shape index (κ1) is 12.3. The van der Waals surface area contributed by atoms with Crippen LogP contribution in [0, 0.1) is 0 Å². The van der Waals surface area contributed by atoms with Gasteiger partial charge in [0.25, 0.3) is 0 Å². The molecule has 1 aromatic carbocycles. The lowest BCUT2D eigenvalue weighted by atomic mass is 10.1. The van der Waals surface area contributed by atoms with Crippen LogP contribution in [-0.2, 0) is 4.79 Å². The lowest BCUT2D eigenvalue weighted by Gasteiger charge is -2.11. The molecule has 0 bridgehead atoms. The zero-order chi connectivity index (χ0) is 11.6. The molecule has 1 unspecified atom stereocenters. The fraction of sp³-hybridized carbons (Fsp3) is 0.222. The van der Waals surface area contributed by atoms with E-state index in [0.717, 1.165) is 0 Å². The van der Waals surface area contributed by atoms with Crippen molar-refractivity contribution in [2.45, 2.75) is 6.04 Å². The topological polar surface area (TPSA) is 72.5 Å². The van der Waals surface area contributed by atoms with E-state index in [-0.39, 0.29) is 5.02 Å². The molecule has 0 saturated heterocycles.